The number of nitrogens with one attached hydrogen (secondary N) is 1. The third-order valence-corrected chi connectivity index (χ3v) is 13.8. The molecule has 304 valence electrons. The second-order valence-corrected chi connectivity index (χ2v) is 18.4. The highest BCUT2D eigenvalue weighted by Crippen LogP contribution is 2.29. The zero-order chi connectivity index (χ0) is 40.6. The first-order valence-corrected chi connectivity index (χ1v) is 22.0. The Kier molecular flexibility index (Phi) is 13.9. The summed E-state index contributed by atoms with van der Waals surface area (Å²) in [4.78, 5) is 24.8. The summed E-state index contributed by atoms with van der Waals surface area (Å²) in [6.45, 7) is 10.8. The van der Waals surface area contributed by atoms with E-state index < -0.39 is 20.0 Å². The quantitative estimate of drug-likeness (QED) is 0.211. The van der Waals surface area contributed by atoms with E-state index in [4.69, 9.17) is 9.84 Å². The fourth-order valence-electron chi connectivity index (χ4n) is 6.99. The number of nitrogens with zero attached hydrogens (tertiary/aromatic N) is 6. The van der Waals surface area contributed by atoms with Crippen LogP contribution in [0, 0.1) is 13.8 Å². The van der Waals surface area contributed by atoms with E-state index >= 15 is 0 Å². The van der Waals surface area contributed by atoms with Crippen LogP contribution in [0.1, 0.15) is 48.6 Å². The third-order valence-electron chi connectivity index (χ3n) is 10.1. The average molecular weight is 818 g/mol. The molecule has 0 spiro atoms. The van der Waals surface area contributed by atoms with Gasteiger partial charge in [-0.1, -0.05) is 72.3 Å². The minimum absolute atomic E-state index is 0.0111. The van der Waals surface area contributed by atoms with E-state index in [1.807, 2.05) is 32.0 Å². The van der Waals surface area contributed by atoms with Crippen LogP contribution in [0.2, 0.25) is 0 Å². The minimum Gasteiger partial charge on any atom is -0.394 e. The van der Waals surface area contributed by atoms with Gasteiger partial charge in [0.15, 0.2) is 11.2 Å². The van der Waals surface area contributed by atoms with Crippen molar-refractivity contribution < 1.29 is 26.7 Å². The summed E-state index contributed by atoms with van der Waals surface area (Å²) in [5, 5.41) is 9.02. The molecule has 0 unspecified atom stereocenters. The van der Waals surface area contributed by atoms with Gasteiger partial charge in [-0.3, -0.25) is 14.3 Å². The predicted molar refractivity (Wildman–Crippen MR) is 218 cm³/mol. The molecule has 3 aromatic carbocycles. The number of hydrogen-bond acceptors (Lipinski definition) is 10. The second kappa shape index (κ2) is 18.8. The number of aromatic amines is 1. The molecule has 57 heavy (non-hydrogen) atoms. The monoisotopic (exact) mass is 817 g/mol. The van der Waals surface area contributed by atoms with E-state index in [9.17, 15) is 21.6 Å². The molecule has 0 aliphatic carbocycles. The molecule has 14 nitrogen and oxygen atoms in total. The number of H-pyrrole nitrogens is 1. The van der Waals surface area contributed by atoms with Crippen LogP contribution in [0.15, 0.2) is 118 Å². The molecule has 2 aliphatic rings. The van der Waals surface area contributed by atoms with Crippen LogP contribution in [0.5, 0.6) is 0 Å². The molecule has 2 atom stereocenters. The van der Waals surface area contributed by atoms with E-state index in [-0.39, 0.29) is 47.4 Å². The normalized spacial score (nSPS) is 19.7. The van der Waals surface area contributed by atoms with Crippen molar-refractivity contribution in [1.82, 2.24) is 33.0 Å². The number of aromatic nitrogens is 4. The van der Waals surface area contributed by atoms with E-state index in [0.717, 1.165) is 29.5 Å². The number of benzene rings is 3. The summed E-state index contributed by atoms with van der Waals surface area (Å²) in [6.07, 6.45) is 5.44. The second-order valence-electron chi connectivity index (χ2n) is 14.6. The summed E-state index contributed by atoms with van der Waals surface area (Å²) < 4.78 is 65.1. The molecule has 2 aromatic heterocycles. The van der Waals surface area contributed by atoms with Crippen molar-refractivity contribution in [2.45, 2.75) is 68.2 Å². The van der Waals surface area contributed by atoms with Gasteiger partial charge in [0.1, 0.15) is 6.23 Å². The molecule has 2 aliphatic heterocycles. The fraction of sp³-hybridized carbons (Fsp3) is 0.390. The van der Waals surface area contributed by atoms with E-state index in [1.54, 1.807) is 59.4 Å². The van der Waals surface area contributed by atoms with Crippen LogP contribution >= 0.6 is 0 Å². The van der Waals surface area contributed by atoms with Crippen molar-refractivity contribution >= 4 is 31.2 Å². The smallest absolute Gasteiger partial charge is 0.278 e. The fourth-order valence-corrected chi connectivity index (χ4v) is 9.99. The Balaban J connectivity index is 0.000000266. The number of fused-ring (bicyclic) bond motifs is 1. The standard InChI is InChI=1S/C31H39N3O4S2.C10H12N4O3/c1-26-11-15-30(16-12-26)39(35,36)33-21-7-19-32(25-29-9-5-4-6-10-29)20-8-22-34(24-28(3)23-33)40(37,38)31-17-13-27(2)14-18-31;15-3-6-1-2-7(17-6)14-5-13-8-9(14)11-4-12-10(8)16/h4-6,9-18H,3,7-8,19-25H2,1-2H3;4-7,15H,1-3H2,(H,11,12,16)/t;6-,7+/m.0/s1. The van der Waals surface area contributed by atoms with Gasteiger partial charge >= 0.3 is 0 Å². The maximum Gasteiger partial charge on any atom is 0.278 e. The van der Waals surface area contributed by atoms with Gasteiger partial charge in [0.25, 0.3) is 5.56 Å². The van der Waals surface area contributed by atoms with Gasteiger partial charge in [0.05, 0.1) is 35.2 Å². The number of hydrogen-bond donors (Lipinski definition) is 2. The van der Waals surface area contributed by atoms with Crippen LogP contribution in [-0.4, -0.2) is 107 Å². The number of aryl methyl sites for hydroxylation is 2. The Hall–Kier alpha value is -4.55. The van der Waals surface area contributed by atoms with Crippen molar-refractivity contribution in [1.29, 1.82) is 0 Å². The van der Waals surface area contributed by atoms with Crippen molar-refractivity contribution in [3.63, 3.8) is 0 Å². The molecule has 0 amide bonds. The molecule has 0 saturated carbocycles. The molecule has 2 fully saturated rings. The van der Waals surface area contributed by atoms with Gasteiger partial charge < -0.3 is 14.8 Å². The maximum atomic E-state index is 13.7. The Morgan fingerprint density at radius 3 is 1.88 bits per heavy atom. The number of aliphatic hydroxyl groups excluding tert-OH is 1. The number of ether oxygens (including phenoxy) is 1. The molecule has 5 aromatic rings. The molecule has 0 bridgehead atoms. The highest BCUT2D eigenvalue weighted by atomic mass is 32.2. The predicted octanol–water partition coefficient (Wildman–Crippen LogP) is 4.63. The first-order valence-electron chi connectivity index (χ1n) is 19.1. The summed E-state index contributed by atoms with van der Waals surface area (Å²) in [7, 11) is -7.60. The highest BCUT2D eigenvalue weighted by Gasteiger charge is 2.30. The van der Waals surface area contributed by atoms with Crippen LogP contribution in [0.4, 0.5) is 0 Å². The highest BCUT2D eigenvalue weighted by molar-refractivity contribution is 7.89. The number of aliphatic hydroxyl groups is 1. The lowest BCUT2D eigenvalue weighted by atomic mass is 10.2. The summed E-state index contributed by atoms with van der Waals surface area (Å²) in [5.74, 6) is 0. The third kappa shape index (κ3) is 10.5. The van der Waals surface area contributed by atoms with Crippen molar-refractivity contribution in [3.8, 4) is 0 Å². The van der Waals surface area contributed by atoms with E-state index in [1.165, 1.54) is 14.9 Å². The topological polar surface area (TPSA) is 171 Å². The van der Waals surface area contributed by atoms with Gasteiger partial charge in [-0.2, -0.15) is 8.61 Å². The van der Waals surface area contributed by atoms with Crippen molar-refractivity contribution in [3.05, 3.63) is 131 Å². The lowest BCUT2D eigenvalue weighted by Gasteiger charge is -2.30. The van der Waals surface area contributed by atoms with Crippen LogP contribution in [0.25, 0.3) is 11.2 Å². The Morgan fingerprint density at radius 1 is 0.789 bits per heavy atom. The molecule has 2 N–H and O–H groups in total. The Morgan fingerprint density at radius 2 is 1.35 bits per heavy atom. The summed E-state index contributed by atoms with van der Waals surface area (Å²) in [6, 6.07) is 23.8. The minimum atomic E-state index is -3.80. The zero-order valence-corrected chi connectivity index (χ0v) is 34.0. The molecule has 7 rings (SSSR count). The van der Waals surface area contributed by atoms with Crippen LogP contribution in [0.3, 0.4) is 0 Å². The first kappa shape index (κ1) is 42.1. The molecule has 2 saturated heterocycles. The van der Waals surface area contributed by atoms with Gasteiger partial charge in [0.2, 0.25) is 20.0 Å². The first-order chi connectivity index (χ1) is 27.3. The Labute approximate surface area is 334 Å². The molecular formula is C41H51N7O7S2. The van der Waals surface area contributed by atoms with Gasteiger partial charge in [-0.05, 0) is 88.0 Å². The van der Waals surface area contributed by atoms with E-state index in [0.29, 0.717) is 62.3 Å². The lowest BCUT2D eigenvalue weighted by Crippen LogP contribution is -2.41. The largest absolute Gasteiger partial charge is 0.394 e. The van der Waals surface area contributed by atoms with Crippen molar-refractivity contribution in [2.24, 2.45) is 0 Å². The van der Waals surface area contributed by atoms with Gasteiger partial charge in [0, 0.05) is 32.7 Å². The van der Waals surface area contributed by atoms with Gasteiger partial charge in [-0.15, -0.1) is 0 Å². The Bertz CT molecular complexity index is 2290. The SMILES string of the molecule is C=C1CN(S(=O)(=O)c2ccc(C)cc2)CCCN(Cc2ccccc2)CCCN(S(=O)(=O)c2ccc(C)cc2)C1.O=c1[nH]cnc2c1ncn2[C@H]1CC[C@@H](CO)O1. The zero-order valence-electron chi connectivity index (χ0n) is 32.4. The number of rotatable bonds is 8. The van der Waals surface area contributed by atoms with Crippen LogP contribution < -0.4 is 5.56 Å². The molecule has 16 heteroatoms. The average Bonchev–Trinajstić information content (AvgIpc) is 3.86. The van der Waals surface area contributed by atoms with Gasteiger partial charge in [-0.25, -0.2) is 26.8 Å². The number of sulfonamides is 2. The molecule has 0 radical (unpaired) electrons. The lowest BCUT2D eigenvalue weighted by molar-refractivity contribution is -0.0207. The summed E-state index contributed by atoms with van der Waals surface area (Å²) in [5.41, 5.74) is 4.21. The molecule has 4 heterocycles. The molecular weight excluding hydrogens is 767 g/mol. The number of imidazole rings is 1. The van der Waals surface area contributed by atoms with Crippen LogP contribution in [-0.2, 0) is 31.3 Å². The van der Waals surface area contributed by atoms with Crippen molar-refractivity contribution in [2.75, 3.05) is 45.9 Å². The van der Waals surface area contributed by atoms with E-state index in [2.05, 4.69) is 38.6 Å². The maximum absolute atomic E-state index is 13.7. The summed E-state index contributed by atoms with van der Waals surface area (Å²) >= 11 is 0.